The van der Waals surface area contributed by atoms with Crippen molar-refractivity contribution in [2.24, 2.45) is 5.10 Å². The van der Waals surface area contributed by atoms with Gasteiger partial charge in [0.15, 0.2) is 5.13 Å². The molecule has 142 valence electrons. The Balaban J connectivity index is 1.59. The molecule has 0 bridgehead atoms. The summed E-state index contributed by atoms with van der Waals surface area (Å²) in [5, 5.41) is 6.41. The van der Waals surface area contributed by atoms with Crippen LogP contribution in [0.15, 0.2) is 29.4 Å². The lowest BCUT2D eigenvalue weighted by atomic mass is 9.92. The number of nitrogens with zero attached hydrogens (tertiary/aromatic N) is 3. The maximum absolute atomic E-state index is 6.11. The van der Waals surface area contributed by atoms with Crippen LogP contribution < -0.4 is 10.3 Å². The van der Waals surface area contributed by atoms with Gasteiger partial charge < -0.3 is 14.4 Å². The molecule has 0 spiro atoms. The van der Waals surface area contributed by atoms with Crippen LogP contribution in [-0.2, 0) is 9.47 Å². The van der Waals surface area contributed by atoms with Crippen LogP contribution in [0.3, 0.4) is 0 Å². The SMILES string of the molecule is Clc1ccc(C2CCC3OCNN=C3c3sc(N4CCOCC4)nc32)cc1. The standard InChI is InChI=1S/C19H21ClN4O2S/c20-13-3-1-12(2-4-13)14-5-6-15-17(23-21-11-26-15)18-16(14)22-19(27-18)24-7-9-25-10-8-24/h1-4,14-15,21H,5-11H2. The van der Waals surface area contributed by atoms with Crippen LogP contribution in [0.5, 0.6) is 0 Å². The van der Waals surface area contributed by atoms with Crippen LogP contribution in [0.1, 0.15) is 34.9 Å². The molecule has 2 unspecified atom stereocenters. The molecule has 0 amide bonds. The Morgan fingerprint density at radius 3 is 2.78 bits per heavy atom. The lowest BCUT2D eigenvalue weighted by molar-refractivity contribution is 0.0653. The molecule has 8 heteroatoms. The maximum atomic E-state index is 6.11. The molecule has 0 saturated carbocycles. The van der Waals surface area contributed by atoms with Gasteiger partial charge in [-0.1, -0.05) is 35.1 Å². The Hall–Kier alpha value is -1.67. The van der Waals surface area contributed by atoms with Crippen LogP contribution in [-0.4, -0.2) is 49.8 Å². The molecule has 2 atom stereocenters. The topological polar surface area (TPSA) is 59.0 Å². The Morgan fingerprint density at radius 1 is 1.15 bits per heavy atom. The Labute approximate surface area is 167 Å². The van der Waals surface area contributed by atoms with Gasteiger partial charge in [0.2, 0.25) is 0 Å². The second kappa shape index (κ2) is 7.39. The zero-order valence-electron chi connectivity index (χ0n) is 14.9. The number of nitrogens with one attached hydrogen (secondary N) is 1. The van der Waals surface area contributed by atoms with E-state index in [1.54, 1.807) is 11.3 Å². The molecule has 3 aliphatic rings. The summed E-state index contributed by atoms with van der Waals surface area (Å²) in [5.74, 6) is 0.222. The summed E-state index contributed by atoms with van der Waals surface area (Å²) >= 11 is 7.83. The van der Waals surface area contributed by atoms with Gasteiger partial charge >= 0.3 is 0 Å². The molecule has 2 aliphatic heterocycles. The van der Waals surface area contributed by atoms with Gasteiger partial charge in [0.1, 0.15) is 18.5 Å². The van der Waals surface area contributed by atoms with Crippen molar-refractivity contribution in [1.29, 1.82) is 0 Å². The molecule has 1 N–H and O–H groups in total. The number of morpholine rings is 1. The van der Waals surface area contributed by atoms with Crippen molar-refractivity contribution >= 4 is 33.8 Å². The largest absolute Gasteiger partial charge is 0.378 e. The van der Waals surface area contributed by atoms with Gasteiger partial charge in [0.25, 0.3) is 0 Å². The van der Waals surface area contributed by atoms with E-state index in [4.69, 9.17) is 26.1 Å². The summed E-state index contributed by atoms with van der Waals surface area (Å²) in [6.07, 6.45) is 1.94. The first kappa shape index (κ1) is 17.4. The van der Waals surface area contributed by atoms with Crippen molar-refractivity contribution in [3.63, 3.8) is 0 Å². The van der Waals surface area contributed by atoms with E-state index in [1.165, 1.54) is 5.56 Å². The number of halogens is 1. The monoisotopic (exact) mass is 404 g/mol. The van der Waals surface area contributed by atoms with Crippen LogP contribution in [0.2, 0.25) is 5.02 Å². The van der Waals surface area contributed by atoms with E-state index in [0.29, 0.717) is 6.73 Å². The lowest BCUT2D eigenvalue weighted by Crippen LogP contribution is -2.36. The van der Waals surface area contributed by atoms with E-state index >= 15 is 0 Å². The highest BCUT2D eigenvalue weighted by atomic mass is 35.5. The minimum Gasteiger partial charge on any atom is -0.378 e. The predicted octanol–water partition coefficient (Wildman–Crippen LogP) is 3.21. The molecule has 1 aromatic heterocycles. The number of hydrogen-bond donors (Lipinski definition) is 1. The quantitative estimate of drug-likeness (QED) is 0.832. The predicted molar refractivity (Wildman–Crippen MR) is 107 cm³/mol. The molecule has 3 heterocycles. The van der Waals surface area contributed by atoms with Gasteiger partial charge in [-0.2, -0.15) is 5.10 Å². The first-order valence-electron chi connectivity index (χ1n) is 9.31. The third-order valence-electron chi connectivity index (χ3n) is 5.33. The number of hydrogen-bond acceptors (Lipinski definition) is 7. The molecular formula is C19H21ClN4O2S. The van der Waals surface area contributed by atoms with E-state index in [-0.39, 0.29) is 12.0 Å². The molecule has 2 aromatic rings. The number of thiazole rings is 1. The normalized spacial score (nSPS) is 25.1. The van der Waals surface area contributed by atoms with Crippen LogP contribution in [0, 0.1) is 0 Å². The Morgan fingerprint density at radius 2 is 1.96 bits per heavy atom. The fraction of sp³-hybridized carbons (Fsp3) is 0.474. The molecule has 1 aromatic carbocycles. The minimum atomic E-state index is 0.0280. The first-order chi connectivity index (χ1) is 13.3. The first-order valence-corrected chi connectivity index (χ1v) is 10.5. The number of fused-ring (bicyclic) bond motifs is 3. The number of benzene rings is 1. The Bertz CT molecular complexity index is 848. The van der Waals surface area contributed by atoms with E-state index in [0.717, 1.165) is 65.6 Å². The molecule has 6 nitrogen and oxygen atoms in total. The van der Waals surface area contributed by atoms with Gasteiger partial charge in [-0.25, -0.2) is 4.98 Å². The number of anilines is 1. The maximum Gasteiger partial charge on any atom is 0.186 e. The third kappa shape index (κ3) is 3.33. The molecule has 1 aliphatic carbocycles. The molecule has 0 radical (unpaired) electrons. The summed E-state index contributed by atoms with van der Waals surface area (Å²) in [7, 11) is 0. The highest BCUT2D eigenvalue weighted by Crippen LogP contribution is 2.41. The average molecular weight is 405 g/mol. The van der Waals surface area contributed by atoms with Crippen molar-refractivity contribution in [1.82, 2.24) is 10.4 Å². The van der Waals surface area contributed by atoms with Gasteiger partial charge in [0, 0.05) is 24.0 Å². The van der Waals surface area contributed by atoms with Crippen LogP contribution in [0.4, 0.5) is 5.13 Å². The van der Waals surface area contributed by atoms with Gasteiger partial charge in [-0.05, 0) is 30.5 Å². The number of rotatable bonds is 2. The second-order valence-corrected chi connectivity index (χ2v) is 8.36. The lowest BCUT2D eigenvalue weighted by Gasteiger charge is -2.26. The van der Waals surface area contributed by atoms with Crippen LogP contribution in [0.25, 0.3) is 0 Å². The molecular weight excluding hydrogens is 384 g/mol. The number of hydrazone groups is 1. The highest BCUT2D eigenvalue weighted by molar-refractivity contribution is 7.17. The van der Waals surface area contributed by atoms with Crippen molar-refractivity contribution < 1.29 is 9.47 Å². The number of ether oxygens (including phenoxy) is 2. The van der Waals surface area contributed by atoms with Crippen LogP contribution >= 0.6 is 22.9 Å². The smallest absolute Gasteiger partial charge is 0.186 e. The van der Waals surface area contributed by atoms with Crippen molar-refractivity contribution in [2.75, 3.05) is 37.9 Å². The minimum absolute atomic E-state index is 0.0280. The molecule has 1 fully saturated rings. The summed E-state index contributed by atoms with van der Waals surface area (Å²) < 4.78 is 11.5. The zero-order valence-corrected chi connectivity index (χ0v) is 16.4. The van der Waals surface area contributed by atoms with Crippen molar-refractivity contribution in [2.45, 2.75) is 24.9 Å². The summed E-state index contributed by atoms with van der Waals surface area (Å²) in [5.41, 5.74) is 6.34. The van der Waals surface area contributed by atoms with E-state index < -0.39 is 0 Å². The summed E-state index contributed by atoms with van der Waals surface area (Å²) in [6, 6.07) is 8.14. The average Bonchev–Trinajstić information content (AvgIpc) is 3.09. The van der Waals surface area contributed by atoms with E-state index in [2.05, 4.69) is 27.6 Å². The highest BCUT2D eigenvalue weighted by Gasteiger charge is 2.35. The Kier molecular flexibility index (Phi) is 4.77. The fourth-order valence-corrected chi connectivity index (χ4v) is 5.27. The fourth-order valence-electron chi connectivity index (χ4n) is 3.93. The van der Waals surface area contributed by atoms with E-state index in [9.17, 15) is 0 Å². The zero-order chi connectivity index (χ0) is 18.2. The third-order valence-corrected chi connectivity index (χ3v) is 6.74. The second-order valence-electron chi connectivity index (χ2n) is 6.95. The van der Waals surface area contributed by atoms with E-state index in [1.807, 2.05) is 12.1 Å². The molecule has 1 saturated heterocycles. The summed E-state index contributed by atoms with van der Waals surface area (Å²) in [4.78, 5) is 8.56. The van der Waals surface area contributed by atoms with Gasteiger partial charge in [0.05, 0.1) is 23.8 Å². The van der Waals surface area contributed by atoms with Gasteiger partial charge in [-0.3, -0.25) is 5.43 Å². The molecule has 5 rings (SSSR count). The van der Waals surface area contributed by atoms with Crippen molar-refractivity contribution in [3.8, 4) is 0 Å². The number of aromatic nitrogens is 1. The molecule has 27 heavy (non-hydrogen) atoms. The van der Waals surface area contributed by atoms with Crippen molar-refractivity contribution in [3.05, 3.63) is 45.4 Å². The summed E-state index contributed by atoms with van der Waals surface area (Å²) in [6.45, 7) is 3.72. The van der Waals surface area contributed by atoms with Gasteiger partial charge in [-0.15, -0.1) is 0 Å².